The molecule has 0 aliphatic heterocycles. The van der Waals surface area contributed by atoms with Gasteiger partial charge in [0.25, 0.3) is 0 Å². The Kier molecular flexibility index (Phi) is 3.46. The Morgan fingerprint density at radius 1 is 1.11 bits per heavy atom. The highest BCUT2D eigenvalue weighted by Gasteiger charge is 2.10. The van der Waals surface area contributed by atoms with Crippen molar-refractivity contribution in [3.63, 3.8) is 0 Å². The summed E-state index contributed by atoms with van der Waals surface area (Å²) in [7, 11) is 1.76. The quantitative estimate of drug-likeness (QED) is 0.845. The van der Waals surface area contributed by atoms with Gasteiger partial charge in [0.1, 0.15) is 11.6 Å². The molecule has 0 amide bonds. The smallest absolute Gasteiger partial charge is 0.130 e. The third-order valence-electron chi connectivity index (χ3n) is 2.80. The molecule has 2 N–H and O–H groups in total. The van der Waals surface area contributed by atoms with Crippen molar-refractivity contribution < 1.29 is 8.78 Å². The molecule has 0 heterocycles. The predicted molar refractivity (Wildman–Crippen MR) is 69.3 cm³/mol. The van der Waals surface area contributed by atoms with Crippen LogP contribution in [0.25, 0.3) is 0 Å². The van der Waals surface area contributed by atoms with E-state index in [1.165, 1.54) is 18.2 Å². The zero-order valence-electron chi connectivity index (χ0n) is 10.0. The highest BCUT2D eigenvalue weighted by molar-refractivity contribution is 5.52. The zero-order valence-corrected chi connectivity index (χ0v) is 10.0. The molecule has 94 valence electrons. The van der Waals surface area contributed by atoms with E-state index in [9.17, 15) is 8.78 Å². The Morgan fingerprint density at radius 2 is 1.83 bits per heavy atom. The van der Waals surface area contributed by atoms with Crippen LogP contribution < -0.4 is 10.6 Å². The molecule has 0 spiro atoms. The fourth-order valence-corrected chi connectivity index (χ4v) is 1.78. The van der Waals surface area contributed by atoms with Crippen LogP contribution in [0.15, 0.2) is 42.5 Å². The number of nitrogens with two attached hydrogens (primary N) is 1. The first-order valence-corrected chi connectivity index (χ1v) is 5.57. The largest absolute Gasteiger partial charge is 0.398 e. The number of hydrogen-bond donors (Lipinski definition) is 1. The van der Waals surface area contributed by atoms with Crippen LogP contribution in [0.1, 0.15) is 5.56 Å². The van der Waals surface area contributed by atoms with Crippen molar-refractivity contribution in [1.29, 1.82) is 0 Å². The van der Waals surface area contributed by atoms with Gasteiger partial charge in [0.2, 0.25) is 0 Å². The maximum atomic E-state index is 13.6. The molecule has 18 heavy (non-hydrogen) atoms. The fourth-order valence-electron chi connectivity index (χ4n) is 1.78. The van der Waals surface area contributed by atoms with Gasteiger partial charge < -0.3 is 10.6 Å². The lowest BCUT2D eigenvalue weighted by atomic mass is 10.1. The van der Waals surface area contributed by atoms with Gasteiger partial charge in [-0.3, -0.25) is 0 Å². The van der Waals surface area contributed by atoms with Crippen molar-refractivity contribution in [3.8, 4) is 0 Å². The SMILES string of the molecule is CN(Cc1c(N)cccc1F)c1cccc(F)c1. The van der Waals surface area contributed by atoms with Crippen LogP contribution >= 0.6 is 0 Å². The molecule has 2 aromatic carbocycles. The molecule has 0 aliphatic carbocycles. The molecule has 2 aromatic rings. The average molecular weight is 248 g/mol. The van der Waals surface area contributed by atoms with Crippen molar-refractivity contribution in [2.75, 3.05) is 17.7 Å². The van der Waals surface area contributed by atoms with Crippen LogP contribution in [0.2, 0.25) is 0 Å². The van der Waals surface area contributed by atoms with Gasteiger partial charge in [-0.1, -0.05) is 12.1 Å². The van der Waals surface area contributed by atoms with Crippen molar-refractivity contribution in [1.82, 2.24) is 0 Å². The topological polar surface area (TPSA) is 29.3 Å². The Hall–Kier alpha value is -2.10. The van der Waals surface area contributed by atoms with Crippen molar-refractivity contribution in [2.45, 2.75) is 6.54 Å². The van der Waals surface area contributed by atoms with Crippen molar-refractivity contribution in [2.24, 2.45) is 0 Å². The van der Waals surface area contributed by atoms with Crippen LogP contribution in [-0.4, -0.2) is 7.05 Å². The van der Waals surface area contributed by atoms with Crippen LogP contribution in [0.3, 0.4) is 0 Å². The molecule has 0 saturated carbocycles. The van der Waals surface area contributed by atoms with E-state index in [0.717, 1.165) is 0 Å². The molecule has 0 radical (unpaired) electrons. The van der Waals surface area contributed by atoms with Crippen molar-refractivity contribution >= 4 is 11.4 Å². The molecular formula is C14H14F2N2. The lowest BCUT2D eigenvalue weighted by molar-refractivity contribution is 0.608. The van der Waals surface area contributed by atoms with E-state index in [4.69, 9.17) is 5.73 Å². The van der Waals surface area contributed by atoms with Gasteiger partial charge in [-0.15, -0.1) is 0 Å². The van der Waals surface area contributed by atoms with Gasteiger partial charge in [0.15, 0.2) is 0 Å². The summed E-state index contributed by atoms with van der Waals surface area (Å²) in [5, 5.41) is 0. The number of rotatable bonds is 3. The molecule has 0 bridgehead atoms. The standard InChI is InChI=1S/C14H14F2N2/c1-18(11-5-2-4-10(15)8-11)9-12-13(16)6-3-7-14(12)17/h2-8H,9,17H2,1H3. The lowest BCUT2D eigenvalue weighted by Gasteiger charge is -2.20. The zero-order chi connectivity index (χ0) is 13.1. The van der Waals surface area contributed by atoms with Gasteiger partial charge >= 0.3 is 0 Å². The summed E-state index contributed by atoms with van der Waals surface area (Å²) < 4.78 is 26.7. The molecule has 0 aromatic heterocycles. The first kappa shape index (κ1) is 12.4. The maximum Gasteiger partial charge on any atom is 0.130 e. The number of benzene rings is 2. The summed E-state index contributed by atoms with van der Waals surface area (Å²) in [4.78, 5) is 1.75. The lowest BCUT2D eigenvalue weighted by Crippen LogP contribution is -2.18. The van der Waals surface area contributed by atoms with Crippen LogP contribution in [0.5, 0.6) is 0 Å². The monoisotopic (exact) mass is 248 g/mol. The second kappa shape index (κ2) is 5.04. The first-order valence-electron chi connectivity index (χ1n) is 5.57. The van der Waals surface area contributed by atoms with E-state index in [1.54, 1.807) is 36.2 Å². The number of halogens is 2. The van der Waals surface area contributed by atoms with E-state index >= 15 is 0 Å². The van der Waals surface area contributed by atoms with E-state index in [1.807, 2.05) is 0 Å². The summed E-state index contributed by atoms with van der Waals surface area (Å²) in [6.07, 6.45) is 0. The van der Waals surface area contributed by atoms with E-state index in [-0.39, 0.29) is 11.6 Å². The van der Waals surface area contributed by atoms with Crippen molar-refractivity contribution in [3.05, 3.63) is 59.7 Å². The maximum absolute atomic E-state index is 13.6. The number of hydrogen-bond acceptors (Lipinski definition) is 2. The summed E-state index contributed by atoms with van der Waals surface area (Å²) in [6.45, 7) is 0.294. The minimum Gasteiger partial charge on any atom is -0.398 e. The molecule has 2 nitrogen and oxygen atoms in total. The normalized spacial score (nSPS) is 10.4. The summed E-state index contributed by atoms with van der Waals surface area (Å²) in [6, 6.07) is 10.7. The Morgan fingerprint density at radius 3 is 2.50 bits per heavy atom. The fraction of sp³-hybridized carbons (Fsp3) is 0.143. The third kappa shape index (κ3) is 2.59. The van der Waals surface area contributed by atoms with Gasteiger partial charge in [-0.05, 0) is 30.3 Å². The molecule has 0 aliphatic rings. The van der Waals surface area contributed by atoms with E-state index in [0.29, 0.717) is 23.5 Å². The molecule has 4 heteroatoms. The number of anilines is 2. The average Bonchev–Trinajstić information content (AvgIpc) is 2.34. The molecule has 0 saturated heterocycles. The van der Waals surface area contributed by atoms with Crippen LogP contribution in [-0.2, 0) is 6.54 Å². The second-order valence-corrected chi connectivity index (χ2v) is 4.14. The Labute approximate surface area is 105 Å². The van der Waals surface area contributed by atoms with Gasteiger partial charge in [-0.2, -0.15) is 0 Å². The molecule has 0 fully saturated rings. The minimum atomic E-state index is -0.349. The van der Waals surface area contributed by atoms with E-state index < -0.39 is 0 Å². The number of nitrogens with zero attached hydrogens (tertiary/aromatic N) is 1. The molecule has 0 atom stereocenters. The van der Waals surface area contributed by atoms with Gasteiger partial charge in [0.05, 0.1) is 0 Å². The summed E-state index contributed by atoms with van der Waals surface area (Å²) in [5.74, 6) is -0.667. The van der Waals surface area contributed by atoms with E-state index in [2.05, 4.69) is 0 Å². The molecule has 2 rings (SSSR count). The summed E-state index contributed by atoms with van der Waals surface area (Å²) in [5.41, 5.74) is 7.24. The highest BCUT2D eigenvalue weighted by atomic mass is 19.1. The molecular weight excluding hydrogens is 234 g/mol. The van der Waals surface area contributed by atoms with Gasteiger partial charge in [0, 0.05) is 30.5 Å². The van der Waals surface area contributed by atoms with Crippen LogP contribution in [0, 0.1) is 11.6 Å². The Balaban J connectivity index is 2.24. The molecule has 0 unspecified atom stereocenters. The summed E-state index contributed by atoms with van der Waals surface area (Å²) >= 11 is 0. The highest BCUT2D eigenvalue weighted by Crippen LogP contribution is 2.21. The first-order chi connectivity index (χ1) is 8.58. The second-order valence-electron chi connectivity index (χ2n) is 4.14. The third-order valence-corrected chi connectivity index (χ3v) is 2.80. The van der Waals surface area contributed by atoms with Crippen LogP contribution in [0.4, 0.5) is 20.2 Å². The number of nitrogen functional groups attached to an aromatic ring is 1. The van der Waals surface area contributed by atoms with Gasteiger partial charge in [-0.25, -0.2) is 8.78 Å². The Bertz CT molecular complexity index is 535. The minimum absolute atomic E-state index is 0.294. The predicted octanol–water partition coefficient (Wildman–Crippen LogP) is 3.18.